The van der Waals surface area contributed by atoms with Gasteiger partial charge in [0.2, 0.25) is 0 Å². The fraction of sp³-hybridized carbons (Fsp3) is 0.308. The van der Waals surface area contributed by atoms with E-state index < -0.39 is 0 Å². The molecule has 0 spiro atoms. The Morgan fingerprint density at radius 1 is 0.600 bits per heavy atom. The molecule has 4 nitrogen and oxygen atoms in total. The number of hydrogen-bond donors (Lipinski definition) is 2. The van der Waals surface area contributed by atoms with Crippen molar-refractivity contribution in [2.45, 2.75) is 52.4 Å². The number of nitrogens with two attached hydrogens (primary N) is 2. The normalized spacial score (nSPS) is 11.9. The maximum Gasteiger partial charge on any atom is 0.173 e. The van der Waals surface area contributed by atoms with Crippen molar-refractivity contribution in [3.05, 3.63) is 71.8 Å². The van der Waals surface area contributed by atoms with Gasteiger partial charge in [0.25, 0.3) is 0 Å². The topological polar surface area (TPSA) is 70.5 Å². The average molecular weight is 405 g/mol. The first-order valence-corrected chi connectivity index (χ1v) is 10.2. The lowest BCUT2D eigenvalue weighted by molar-refractivity contribution is 0.401. The minimum absolute atomic E-state index is 0.0427. The fourth-order valence-corrected chi connectivity index (χ4v) is 3.09. The van der Waals surface area contributed by atoms with Gasteiger partial charge in [-0.2, -0.15) is 0 Å². The number of rotatable bonds is 4. The summed E-state index contributed by atoms with van der Waals surface area (Å²) in [5, 5.41) is 0. The molecule has 4 heteroatoms. The standard InChI is InChI=1S/C26H32N2O2/c1-25(2,3)17-15-22(26(4,5)6)24(30-21-13-9-19(28)10-14-21)23(16-17)29-20-11-7-18(27)8-12-20/h7-16H,27-28H2,1-6H3. The number of benzene rings is 3. The zero-order valence-corrected chi connectivity index (χ0v) is 18.7. The summed E-state index contributed by atoms with van der Waals surface area (Å²) in [5.74, 6) is 2.80. The van der Waals surface area contributed by atoms with E-state index in [4.69, 9.17) is 20.9 Å². The molecule has 30 heavy (non-hydrogen) atoms. The molecule has 0 aliphatic rings. The Kier molecular flexibility index (Phi) is 5.71. The molecule has 3 rings (SSSR count). The number of anilines is 2. The SMILES string of the molecule is CC(C)(C)c1cc(Oc2ccc(N)cc2)c(Oc2ccc(N)cc2)c(C(C)(C)C)c1. The second-order valence-electron chi connectivity index (χ2n) is 9.69. The summed E-state index contributed by atoms with van der Waals surface area (Å²) < 4.78 is 12.7. The van der Waals surface area contributed by atoms with E-state index in [9.17, 15) is 0 Å². The predicted octanol–water partition coefficient (Wildman–Crippen LogP) is 7.03. The van der Waals surface area contributed by atoms with Crippen LogP contribution in [0.2, 0.25) is 0 Å². The van der Waals surface area contributed by atoms with Crippen LogP contribution < -0.4 is 20.9 Å². The number of hydrogen-bond acceptors (Lipinski definition) is 4. The monoisotopic (exact) mass is 404 g/mol. The molecule has 158 valence electrons. The van der Waals surface area contributed by atoms with Crippen LogP contribution in [0.4, 0.5) is 11.4 Å². The maximum absolute atomic E-state index is 6.38. The molecule has 0 saturated carbocycles. The summed E-state index contributed by atoms with van der Waals surface area (Å²) in [6.45, 7) is 13.1. The third kappa shape index (κ3) is 5.07. The highest BCUT2D eigenvalue weighted by Gasteiger charge is 2.27. The van der Waals surface area contributed by atoms with Crippen molar-refractivity contribution in [1.29, 1.82) is 0 Å². The van der Waals surface area contributed by atoms with Crippen LogP contribution in [0.15, 0.2) is 60.7 Å². The highest BCUT2D eigenvalue weighted by Crippen LogP contribution is 2.45. The first-order valence-electron chi connectivity index (χ1n) is 10.2. The largest absolute Gasteiger partial charge is 0.453 e. The third-order valence-electron chi connectivity index (χ3n) is 4.94. The molecule has 0 aliphatic carbocycles. The molecule has 0 aliphatic heterocycles. The summed E-state index contributed by atoms with van der Waals surface area (Å²) in [5.41, 5.74) is 15.1. The van der Waals surface area contributed by atoms with Gasteiger partial charge < -0.3 is 20.9 Å². The van der Waals surface area contributed by atoms with E-state index >= 15 is 0 Å². The van der Waals surface area contributed by atoms with Crippen molar-refractivity contribution in [2.24, 2.45) is 0 Å². The van der Waals surface area contributed by atoms with Gasteiger partial charge in [-0.15, -0.1) is 0 Å². The lowest BCUT2D eigenvalue weighted by Gasteiger charge is -2.29. The van der Waals surface area contributed by atoms with Crippen molar-refractivity contribution in [1.82, 2.24) is 0 Å². The summed E-state index contributed by atoms with van der Waals surface area (Å²) >= 11 is 0. The maximum atomic E-state index is 6.38. The highest BCUT2D eigenvalue weighted by molar-refractivity contribution is 5.57. The quantitative estimate of drug-likeness (QED) is 0.458. The Morgan fingerprint density at radius 2 is 1.07 bits per heavy atom. The lowest BCUT2D eigenvalue weighted by atomic mass is 9.80. The second-order valence-corrected chi connectivity index (χ2v) is 9.69. The van der Waals surface area contributed by atoms with Gasteiger partial charge >= 0.3 is 0 Å². The van der Waals surface area contributed by atoms with E-state index in [0.717, 1.165) is 5.56 Å². The zero-order chi connectivity index (χ0) is 22.1. The van der Waals surface area contributed by atoms with E-state index in [1.165, 1.54) is 5.56 Å². The Hall–Kier alpha value is -3.14. The smallest absolute Gasteiger partial charge is 0.173 e. The minimum atomic E-state index is -0.149. The molecule has 0 atom stereocenters. The van der Waals surface area contributed by atoms with E-state index in [1.807, 2.05) is 48.5 Å². The molecule has 0 fully saturated rings. The molecular formula is C26H32N2O2. The first kappa shape index (κ1) is 21.6. The van der Waals surface area contributed by atoms with Gasteiger partial charge in [-0.3, -0.25) is 0 Å². The summed E-state index contributed by atoms with van der Waals surface area (Å²) in [4.78, 5) is 0. The Labute approximate surface area is 179 Å². The van der Waals surface area contributed by atoms with Gasteiger partial charge in [0.05, 0.1) is 0 Å². The molecule has 0 saturated heterocycles. The summed E-state index contributed by atoms with van der Waals surface area (Å²) in [6, 6.07) is 19.1. The fourth-order valence-electron chi connectivity index (χ4n) is 3.09. The van der Waals surface area contributed by atoms with Crippen molar-refractivity contribution >= 4 is 11.4 Å². The zero-order valence-electron chi connectivity index (χ0n) is 18.7. The van der Waals surface area contributed by atoms with Crippen LogP contribution in [0, 0.1) is 0 Å². The number of ether oxygens (including phenoxy) is 2. The Balaban J connectivity index is 2.18. The van der Waals surface area contributed by atoms with Gasteiger partial charge in [-0.25, -0.2) is 0 Å². The Morgan fingerprint density at radius 3 is 1.50 bits per heavy atom. The van der Waals surface area contributed by atoms with Crippen LogP contribution in [0.3, 0.4) is 0 Å². The molecule has 3 aromatic carbocycles. The molecule has 0 bridgehead atoms. The van der Waals surface area contributed by atoms with Crippen LogP contribution in [0.1, 0.15) is 52.7 Å². The molecule has 0 unspecified atom stereocenters. The van der Waals surface area contributed by atoms with Crippen molar-refractivity contribution < 1.29 is 9.47 Å². The van der Waals surface area contributed by atoms with E-state index in [0.29, 0.717) is 34.4 Å². The molecular weight excluding hydrogens is 372 g/mol. The minimum Gasteiger partial charge on any atom is -0.453 e. The highest BCUT2D eigenvalue weighted by atomic mass is 16.5. The summed E-state index contributed by atoms with van der Waals surface area (Å²) in [7, 11) is 0. The van der Waals surface area contributed by atoms with Crippen LogP contribution in [0.5, 0.6) is 23.0 Å². The van der Waals surface area contributed by atoms with E-state index in [2.05, 4.69) is 53.7 Å². The first-order chi connectivity index (χ1) is 13.9. The predicted molar refractivity (Wildman–Crippen MR) is 126 cm³/mol. The van der Waals surface area contributed by atoms with Gasteiger partial charge in [0.1, 0.15) is 11.5 Å². The molecule has 4 N–H and O–H groups in total. The van der Waals surface area contributed by atoms with E-state index in [1.54, 1.807) is 0 Å². The molecule has 0 heterocycles. The summed E-state index contributed by atoms with van der Waals surface area (Å²) in [6.07, 6.45) is 0. The van der Waals surface area contributed by atoms with Gasteiger partial charge in [0, 0.05) is 16.9 Å². The molecule has 0 amide bonds. The van der Waals surface area contributed by atoms with Crippen molar-refractivity contribution in [3.63, 3.8) is 0 Å². The van der Waals surface area contributed by atoms with Crippen LogP contribution >= 0.6 is 0 Å². The number of nitrogen functional groups attached to an aromatic ring is 2. The second kappa shape index (κ2) is 7.94. The van der Waals surface area contributed by atoms with Crippen molar-refractivity contribution in [3.8, 4) is 23.0 Å². The van der Waals surface area contributed by atoms with Crippen LogP contribution in [0.25, 0.3) is 0 Å². The lowest BCUT2D eigenvalue weighted by Crippen LogP contribution is -2.18. The van der Waals surface area contributed by atoms with Crippen LogP contribution in [-0.2, 0) is 10.8 Å². The van der Waals surface area contributed by atoms with Crippen molar-refractivity contribution in [2.75, 3.05) is 11.5 Å². The molecule has 0 radical (unpaired) electrons. The third-order valence-corrected chi connectivity index (χ3v) is 4.94. The van der Waals surface area contributed by atoms with Crippen LogP contribution in [-0.4, -0.2) is 0 Å². The molecule has 3 aromatic rings. The Bertz CT molecular complexity index is 1010. The van der Waals surface area contributed by atoms with Gasteiger partial charge in [-0.05, 0) is 71.0 Å². The van der Waals surface area contributed by atoms with E-state index in [-0.39, 0.29) is 10.8 Å². The average Bonchev–Trinajstić information content (AvgIpc) is 2.64. The van der Waals surface area contributed by atoms with Gasteiger partial charge in [-0.1, -0.05) is 47.6 Å². The molecule has 0 aromatic heterocycles. The van der Waals surface area contributed by atoms with Gasteiger partial charge in [0.15, 0.2) is 11.5 Å².